The maximum absolute atomic E-state index is 11.6. The van der Waals surface area contributed by atoms with E-state index in [-0.39, 0.29) is 18.3 Å². The number of nitrogens with one attached hydrogen (secondary N) is 1. The summed E-state index contributed by atoms with van der Waals surface area (Å²) in [6, 6.07) is 13.4. The fourth-order valence-corrected chi connectivity index (χ4v) is 1.66. The molecule has 4 nitrogen and oxygen atoms in total. The largest absolute Gasteiger partial charge is 0.508 e. The van der Waals surface area contributed by atoms with Crippen molar-refractivity contribution in [1.82, 2.24) is 5.32 Å². The summed E-state index contributed by atoms with van der Waals surface area (Å²) in [5, 5.41) is 12.4. The van der Waals surface area contributed by atoms with Gasteiger partial charge in [-0.05, 0) is 48.0 Å². The van der Waals surface area contributed by atoms with Crippen molar-refractivity contribution in [3.8, 4) is 11.5 Å². The summed E-state index contributed by atoms with van der Waals surface area (Å²) >= 11 is 5.78. The molecule has 2 aromatic rings. The zero-order valence-corrected chi connectivity index (χ0v) is 11.9. The highest BCUT2D eigenvalue weighted by Gasteiger charge is 2.00. The Morgan fingerprint density at radius 3 is 2.48 bits per heavy atom. The minimum Gasteiger partial charge on any atom is -0.508 e. The summed E-state index contributed by atoms with van der Waals surface area (Å²) in [6.45, 7) is -0.101. The normalized spacial score (nSPS) is 10.5. The van der Waals surface area contributed by atoms with Crippen LogP contribution in [0.1, 0.15) is 5.56 Å². The molecule has 0 fully saturated rings. The van der Waals surface area contributed by atoms with E-state index in [0.29, 0.717) is 10.8 Å². The number of carbonyl (C=O) groups is 1. The molecule has 0 saturated carbocycles. The van der Waals surface area contributed by atoms with Crippen LogP contribution in [-0.2, 0) is 4.79 Å². The lowest BCUT2D eigenvalue weighted by Gasteiger charge is -2.05. The number of carbonyl (C=O) groups excluding carboxylic acids is 1. The molecule has 2 N–H and O–H groups in total. The van der Waals surface area contributed by atoms with E-state index in [2.05, 4.69) is 5.32 Å². The Morgan fingerprint density at radius 1 is 1.14 bits per heavy atom. The smallest absolute Gasteiger partial charge is 0.261 e. The van der Waals surface area contributed by atoms with Crippen molar-refractivity contribution in [3.05, 3.63) is 65.3 Å². The SMILES string of the molecule is O=C(COc1ccc(O)cc1)NC=Cc1ccc(Cl)cc1. The highest BCUT2D eigenvalue weighted by atomic mass is 35.5. The predicted octanol–water partition coefficient (Wildman–Crippen LogP) is 3.21. The van der Waals surface area contributed by atoms with Crippen molar-refractivity contribution < 1.29 is 14.6 Å². The number of halogens is 1. The van der Waals surface area contributed by atoms with E-state index >= 15 is 0 Å². The third-order valence-electron chi connectivity index (χ3n) is 2.60. The molecule has 0 aliphatic rings. The Kier molecular flexibility index (Phi) is 5.23. The molecule has 0 bridgehead atoms. The molecule has 0 saturated heterocycles. The molecule has 1 amide bonds. The fourth-order valence-electron chi connectivity index (χ4n) is 1.54. The van der Waals surface area contributed by atoms with Gasteiger partial charge in [0.1, 0.15) is 11.5 Å². The number of hydrogen-bond acceptors (Lipinski definition) is 3. The number of ether oxygens (including phenoxy) is 1. The standard InChI is InChI=1S/C16H14ClNO3/c17-13-3-1-12(2-4-13)9-10-18-16(20)11-21-15-7-5-14(19)6-8-15/h1-10,19H,11H2,(H,18,20). The number of phenolic OH excluding ortho intramolecular Hbond substituents is 1. The lowest BCUT2D eigenvalue weighted by atomic mass is 10.2. The van der Waals surface area contributed by atoms with E-state index in [1.807, 2.05) is 12.1 Å². The van der Waals surface area contributed by atoms with Crippen LogP contribution in [0.15, 0.2) is 54.7 Å². The Labute approximate surface area is 127 Å². The summed E-state index contributed by atoms with van der Waals surface area (Å²) in [4.78, 5) is 11.6. The first-order chi connectivity index (χ1) is 10.1. The summed E-state index contributed by atoms with van der Waals surface area (Å²) in [6.07, 6.45) is 3.31. The molecular weight excluding hydrogens is 290 g/mol. The van der Waals surface area contributed by atoms with Crippen LogP contribution in [0.25, 0.3) is 6.08 Å². The summed E-state index contributed by atoms with van der Waals surface area (Å²) in [7, 11) is 0. The first-order valence-corrected chi connectivity index (χ1v) is 6.64. The van der Waals surface area contributed by atoms with Gasteiger partial charge in [-0.1, -0.05) is 23.7 Å². The van der Waals surface area contributed by atoms with Crippen LogP contribution < -0.4 is 10.1 Å². The second-order valence-electron chi connectivity index (χ2n) is 4.23. The first kappa shape index (κ1) is 14.9. The topological polar surface area (TPSA) is 58.6 Å². The molecule has 0 atom stereocenters. The lowest BCUT2D eigenvalue weighted by Crippen LogP contribution is -2.24. The van der Waals surface area contributed by atoms with Gasteiger partial charge in [-0.25, -0.2) is 0 Å². The van der Waals surface area contributed by atoms with Gasteiger partial charge in [0.2, 0.25) is 0 Å². The van der Waals surface area contributed by atoms with Crippen LogP contribution in [-0.4, -0.2) is 17.6 Å². The summed E-state index contributed by atoms with van der Waals surface area (Å²) in [5.41, 5.74) is 0.930. The number of amides is 1. The van der Waals surface area contributed by atoms with Crippen molar-refractivity contribution in [3.63, 3.8) is 0 Å². The first-order valence-electron chi connectivity index (χ1n) is 6.27. The highest BCUT2D eigenvalue weighted by Crippen LogP contribution is 2.15. The summed E-state index contributed by atoms with van der Waals surface area (Å²) in [5.74, 6) is 0.399. The maximum atomic E-state index is 11.6. The van der Waals surface area contributed by atoms with Crippen molar-refractivity contribution in [2.75, 3.05) is 6.61 Å². The third-order valence-corrected chi connectivity index (χ3v) is 2.85. The van der Waals surface area contributed by atoms with Gasteiger partial charge in [0, 0.05) is 11.2 Å². The van der Waals surface area contributed by atoms with Crippen molar-refractivity contribution >= 4 is 23.6 Å². The number of phenols is 1. The van der Waals surface area contributed by atoms with E-state index < -0.39 is 0 Å². The Bertz CT molecular complexity index is 621. The van der Waals surface area contributed by atoms with Crippen LogP contribution >= 0.6 is 11.6 Å². The van der Waals surface area contributed by atoms with Gasteiger partial charge in [-0.2, -0.15) is 0 Å². The lowest BCUT2D eigenvalue weighted by molar-refractivity contribution is -0.122. The number of benzene rings is 2. The van der Waals surface area contributed by atoms with Crippen LogP contribution in [0.3, 0.4) is 0 Å². The minimum absolute atomic E-state index is 0.101. The molecule has 0 aliphatic heterocycles. The van der Waals surface area contributed by atoms with Gasteiger partial charge in [0.05, 0.1) is 0 Å². The monoisotopic (exact) mass is 303 g/mol. The van der Waals surface area contributed by atoms with Gasteiger partial charge >= 0.3 is 0 Å². The maximum Gasteiger partial charge on any atom is 0.261 e. The van der Waals surface area contributed by atoms with Gasteiger partial charge in [0.15, 0.2) is 6.61 Å². The van der Waals surface area contributed by atoms with Crippen LogP contribution in [0.5, 0.6) is 11.5 Å². The molecule has 0 heterocycles. The number of hydrogen-bond donors (Lipinski definition) is 2. The van der Waals surface area contributed by atoms with E-state index in [1.165, 1.54) is 12.1 Å². The molecule has 0 spiro atoms. The van der Waals surface area contributed by atoms with Gasteiger partial charge in [-0.3, -0.25) is 4.79 Å². The highest BCUT2D eigenvalue weighted by molar-refractivity contribution is 6.30. The molecular formula is C16H14ClNO3. The Morgan fingerprint density at radius 2 is 1.81 bits per heavy atom. The number of rotatable bonds is 5. The quantitative estimate of drug-likeness (QED) is 0.891. The third kappa shape index (κ3) is 5.20. The Hall–Kier alpha value is -2.46. The molecule has 0 aliphatic carbocycles. The van der Waals surface area contributed by atoms with Crippen LogP contribution in [0, 0.1) is 0 Å². The van der Waals surface area contributed by atoms with Gasteiger partial charge < -0.3 is 15.2 Å². The molecule has 0 radical (unpaired) electrons. The van der Waals surface area contributed by atoms with E-state index in [1.54, 1.807) is 36.5 Å². The van der Waals surface area contributed by atoms with Crippen molar-refractivity contribution in [1.29, 1.82) is 0 Å². The molecule has 2 aromatic carbocycles. The Balaban J connectivity index is 1.77. The second kappa shape index (κ2) is 7.36. The van der Waals surface area contributed by atoms with Crippen LogP contribution in [0.2, 0.25) is 5.02 Å². The predicted molar refractivity (Wildman–Crippen MR) is 82.2 cm³/mol. The molecule has 5 heteroatoms. The zero-order valence-electron chi connectivity index (χ0n) is 11.1. The molecule has 108 valence electrons. The molecule has 0 aromatic heterocycles. The van der Waals surface area contributed by atoms with E-state index in [9.17, 15) is 4.79 Å². The molecule has 0 unspecified atom stereocenters. The summed E-state index contributed by atoms with van der Waals surface area (Å²) < 4.78 is 5.27. The molecule has 2 rings (SSSR count). The van der Waals surface area contributed by atoms with Gasteiger partial charge in [0.25, 0.3) is 5.91 Å². The van der Waals surface area contributed by atoms with E-state index in [0.717, 1.165) is 5.56 Å². The minimum atomic E-state index is -0.270. The van der Waals surface area contributed by atoms with Crippen LogP contribution in [0.4, 0.5) is 0 Å². The zero-order chi connectivity index (χ0) is 15.1. The average Bonchev–Trinajstić information content (AvgIpc) is 2.49. The molecule has 21 heavy (non-hydrogen) atoms. The average molecular weight is 304 g/mol. The number of aromatic hydroxyl groups is 1. The second-order valence-corrected chi connectivity index (χ2v) is 4.67. The van der Waals surface area contributed by atoms with Gasteiger partial charge in [-0.15, -0.1) is 0 Å². The van der Waals surface area contributed by atoms with Crippen molar-refractivity contribution in [2.45, 2.75) is 0 Å². The van der Waals surface area contributed by atoms with Crippen molar-refractivity contribution in [2.24, 2.45) is 0 Å². The fraction of sp³-hybridized carbons (Fsp3) is 0.0625. The van der Waals surface area contributed by atoms with E-state index in [4.69, 9.17) is 21.4 Å².